The monoisotopic (exact) mass is 265 g/mol. The summed E-state index contributed by atoms with van der Waals surface area (Å²) in [7, 11) is 2.06. The van der Waals surface area contributed by atoms with Crippen molar-refractivity contribution in [3.05, 3.63) is 12.1 Å². The van der Waals surface area contributed by atoms with Gasteiger partial charge in [0.05, 0.1) is 12.3 Å². The summed E-state index contributed by atoms with van der Waals surface area (Å²) < 4.78 is 5.65. The van der Waals surface area contributed by atoms with Crippen LogP contribution in [0.3, 0.4) is 0 Å². The molecule has 0 spiro atoms. The van der Waals surface area contributed by atoms with Crippen molar-refractivity contribution in [3.8, 4) is 5.88 Å². The first-order valence-corrected chi connectivity index (χ1v) is 7.15. The SMILES string of the molecule is CCCCCN(C)c1ccc(N)c(OCC(C)C)n1. The highest BCUT2D eigenvalue weighted by atomic mass is 16.5. The van der Waals surface area contributed by atoms with Gasteiger partial charge in [-0.1, -0.05) is 33.6 Å². The summed E-state index contributed by atoms with van der Waals surface area (Å²) in [5.74, 6) is 1.93. The number of hydrogen-bond acceptors (Lipinski definition) is 4. The largest absolute Gasteiger partial charge is 0.476 e. The van der Waals surface area contributed by atoms with Crippen molar-refractivity contribution in [3.63, 3.8) is 0 Å². The van der Waals surface area contributed by atoms with Crippen LogP contribution in [0.25, 0.3) is 0 Å². The summed E-state index contributed by atoms with van der Waals surface area (Å²) in [4.78, 5) is 6.65. The number of hydrogen-bond donors (Lipinski definition) is 1. The van der Waals surface area contributed by atoms with Crippen molar-refractivity contribution < 1.29 is 4.74 Å². The minimum absolute atomic E-state index is 0.465. The molecule has 0 aliphatic heterocycles. The van der Waals surface area contributed by atoms with Crippen LogP contribution in [-0.2, 0) is 0 Å². The van der Waals surface area contributed by atoms with E-state index in [4.69, 9.17) is 10.5 Å². The number of nitrogens with two attached hydrogens (primary N) is 1. The Bertz CT molecular complexity index is 380. The van der Waals surface area contributed by atoms with Crippen LogP contribution < -0.4 is 15.4 Å². The molecule has 0 radical (unpaired) electrons. The second-order valence-corrected chi connectivity index (χ2v) is 5.40. The molecule has 19 heavy (non-hydrogen) atoms. The number of anilines is 2. The van der Waals surface area contributed by atoms with Gasteiger partial charge in [0.1, 0.15) is 5.82 Å². The summed E-state index contributed by atoms with van der Waals surface area (Å²) in [6.07, 6.45) is 3.66. The van der Waals surface area contributed by atoms with E-state index in [1.54, 1.807) is 0 Å². The minimum atomic E-state index is 0.465. The molecule has 0 aromatic carbocycles. The second kappa shape index (κ2) is 7.87. The van der Waals surface area contributed by atoms with E-state index in [0.717, 1.165) is 12.4 Å². The maximum Gasteiger partial charge on any atom is 0.239 e. The van der Waals surface area contributed by atoms with Gasteiger partial charge in [0, 0.05) is 13.6 Å². The fourth-order valence-corrected chi connectivity index (χ4v) is 1.73. The predicted molar refractivity (Wildman–Crippen MR) is 81.8 cm³/mol. The standard InChI is InChI=1S/C15H27N3O/c1-5-6-7-10-18(4)14-9-8-13(16)15(17-14)19-11-12(2)3/h8-9,12H,5-7,10-11,16H2,1-4H3. The molecular weight excluding hydrogens is 238 g/mol. The van der Waals surface area contributed by atoms with Crippen molar-refractivity contribution in [2.75, 3.05) is 30.8 Å². The number of ether oxygens (including phenoxy) is 1. The van der Waals surface area contributed by atoms with E-state index in [-0.39, 0.29) is 0 Å². The first kappa shape index (κ1) is 15.6. The van der Waals surface area contributed by atoms with E-state index in [1.165, 1.54) is 19.3 Å². The lowest BCUT2D eigenvalue weighted by Crippen LogP contribution is -2.20. The molecule has 1 aromatic rings. The average Bonchev–Trinajstić information content (AvgIpc) is 2.37. The second-order valence-electron chi connectivity index (χ2n) is 5.40. The number of pyridine rings is 1. The van der Waals surface area contributed by atoms with E-state index < -0.39 is 0 Å². The normalized spacial score (nSPS) is 10.8. The molecule has 0 atom stereocenters. The third kappa shape index (κ3) is 5.37. The number of nitrogen functional groups attached to an aromatic ring is 1. The molecule has 0 amide bonds. The van der Waals surface area contributed by atoms with Crippen LogP contribution in [0.4, 0.5) is 11.5 Å². The van der Waals surface area contributed by atoms with Gasteiger partial charge in [0.25, 0.3) is 0 Å². The zero-order chi connectivity index (χ0) is 14.3. The molecule has 0 aliphatic rings. The van der Waals surface area contributed by atoms with E-state index >= 15 is 0 Å². The highest BCUT2D eigenvalue weighted by Crippen LogP contribution is 2.23. The summed E-state index contributed by atoms with van der Waals surface area (Å²) >= 11 is 0. The molecule has 0 aliphatic carbocycles. The summed E-state index contributed by atoms with van der Waals surface area (Å²) in [6.45, 7) is 8.07. The lowest BCUT2D eigenvalue weighted by atomic mass is 10.2. The fourth-order valence-electron chi connectivity index (χ4n) is 1.73. The molecular formula is C15H27N3O. The van der Waals surface area contributed by atoms with Crippen LogP contribution >= 0.6 is 0 Å². The van der Waals surface area contributed by atoms with Gasteiger partial charge < -0.3 is 15.4 Å². The quantitative estimate of drug-likeness (QED) is 0.733. The lowest BCUT2D eigenvalue weighted by Gasteiger charge is -2.19. The zero-order valence-corrected chi connectivity index (χ0v) is 12.6. The number of unbranched alkanes of at least 4 members (excludes halogenated alkanes) is 2. The Hall–Kier alpha value is -1.45. The van der Waals surface area contributed by atoms with Crippen LogP contribution in [0.1, 0.15) is 40.0 Å². The Morgan fingerprint density at radius 1 is 1.32 bits per heavy atom. The van der Waals surface area contributed by atoms with Crippen molar-refractivity contribution in [1.82, 2.24) is 4.98 Å². The first-order chi connectivity index (χ1) is 9.04. The molecule has 108 valence electrons. The van der Waals surface area contributed by atoms with Gasteiger partial charge in [0.15, 0.2) is 0 Å². The highest BCUT2D eigenvalue weighted by Gasteiger charge is 2.08. The molecule has 0 bridgehead atoms. The van der Waals surface area contributed by atoms with Crippen LogP contribution in [-0.4, -0.2) is 25.2 Å². The van der Waals surface area contributed by atoms with Crippen molar-refractivity contribution in [1.29, 1.82) is 0 Å². The third-order valence-electron chi connectivity index (χ3n) is 2.92. The maximum atomic E-state index is 5.89. The number of rotatable bonds is 8. The molecule has 1 aromatic heterocycles. The molecule has 0 saturated heterocycles. The Morgan fingerprint density at radius 2 is 2.05 bits per heavy atom. The fraction of sp³-hybridized carbons (Fsp3) is 0.667. The van der Waals surface area contributed by atoms with E-state index in [9.17, 15) is 0 Å². The first-order valence-electron chi connectivity index (χ1n) is 7.15. The van der Waals surface area contributed by atoms with Gasteiger partial charge in [-0.2, -0.15) is 4.98 Å². The predicted octanol–water partition coefficient (Wildman–Crippen LogP) is 3.33. The lowest BCUT2D eigenvalue weighted by molar-refractivity contribution is 0.263. The van der Waals surface area contributed by atoms with Gasteiger partial charge in [-0.25, -0.2) is 0 Å². The van der Waals surface area contributed by atoms with Crippen molar-refractivity contribution >= 4 is 11.5 Å². The maximum absolute atomic E-state index is 5.89. The topological polar surface area (TPSA) is 51.4 Å². The highest BCUT2D eigenvalue weighted by molar-refractivity contribution is 5.54. The average molecular weight is 265 g/mol. The van der Waals surface area contributed by atoms with Crippen LogP contribution in [0, 0.1) is 5.92 Å². The van der Waals surface area contributed by atoms with Crippen LogP contribution in [0.2, 0.25) is 0 Å². The summed E-state index contributed by atoms with van der Waals surface area (Å²) in [5.41, 5.74) is 6.49. The molecule has 2 N–H and O–H groups in total. The van der Waals surface area contributed by atoms with Crippen LogP contribution in [0.5, 0.6) is 5.88 Å². The van der Waals surface area contributed by atoms with Gasteiger partial charge in [0.2, 0.25) is 5.88 Å². The van der Waals surface area contributed by atoms with E-state index in [1.807, 2.05) is 12.1 Å². The Labute approximate surface area is 117 Å². The van der Waals surface area contributed by atoms with Crippen LogP contribution in [0.15, 0.2) is 12.1 Å². The summed E-state index contributed by atoms with van der Waals surface area (Å²) in [5, 5.41) is 0. The van der Waals surface area contributed by atoms with Crippen molar-refractivity contribution in [2.24, 2.45) is 5.92 Å². The molecule has 0 unspecified atom stereocenters. The molecule has 4 nitrogen and oxygen atoms in total. The zero-order valence-electron chi connectivity index (χ0n) is 12.6. The Kier molecular flexibility index (Phi) is 6.46. The van der Waals surface area contributed by atoms with Gasteiger partial charge in [-0.15, -0.1) is 0 Å². The molecule has 0 saturated carbocycles. The molecule has 0 fully saturated rings. The smallest absolute Gasteiger partial charge is 0.239 e. The Morgan fingerprint density at radius 3 is 2.68 bits per heavy atom. The van der Waals surface area contributed by atoms with Gasteiger partial charge >= 0.3 is 0 Å². The molecule has 1 rings (SSSR count). The number of aromatic nitrogens is 1. The third-order valence-corrected chi connectivity index (χ3v) is 2.92. The Balaban J connectivity index is 2.66. The van der Waals surface area contributed by atoms with E-state index in [0.29, 0.717) is 24.1 Å². The molecule has 1 heterocycles. The van der Waals surface area contributed by atoms with Crippen molar-refractivity contribution in [2.45, 2.75) is 40.0 Å². The number of nitrogens with zero attached hydrogens (tertiary/aromatic N) is 2. The van der Waals surface area contributed by atoms with E-state index in [2.05, 4.69) is 37.7 Å². The summed E-state index contributed by atoms with van der Waals surface area (Å²) in [6, 6.07) is 3.82. The van der Waals surface area contributed by atoms with Gasteiger partial charge in [-0.05, 0) is 24.5 Å². The molecule has 4 heteroatoms. The minimum Gasteiger partial charge on any atom is -0.476 e. The van der Waals surface area contributed by atoms with Gasteiger partial charge in [-0.3, -0.25) is 0 Å².